The van der Waals surface area contributed by atoms with E-state index in [2.05, 4.69) is 10.3 Å². The molecule has 2 amide bonds. The predicted octanol–water partition coefficient (Wildman–Crippen LogP) is 0.763. The minimum absolute atomic E-state index is 0.0168. The van der Waals surface area contributed by atoms with E-state index in [-0.39, 0.29) is 30.6 Å². The van der Waals surface area contributed by atoms with Gasteiger partial charge < -0.3 is 9.84 Å². The van der Waals surface area contributed by atoms with E-state index >= 15 is 0 Å². The van der Waals surface area contributed by atoms with E-state index in [1.165, 1.54) is 25.2 Å². The Bertz CT molecular complexity index is 678. The highest BCUT2D eigenvalue weighted by Crippen LogP contribution is 2.43. The summed E-state index contributed by atoms with van der Waals surface area (Å²) >= 11 is 0. The van der Waals surface area contributed by atoms with Crippen LogP contribution >= 0.6 is 0 Å². The minimum atomic E-state index is -1.35. The molecule has 1 saturated heterocycles. The summed E-state index contributed by atoms with van der Waals surface area (Å²) in [7, 11) is 1.42. The fourth-order valence-electron chi connectivity index (χ4n) is 2.90. The molecule has 0 bridgehead atoms. The molecule has 1 fully saturated rings. The lowest BCUT2D eigenvalue weighted by Gasteiger charge is -2.38. The normalized spacial score (nSPS) is 27.4. The van der Waals surface area contributed by atoms with Crippen molar-refractivity contribution < 1.29 is 23.8 Å². The average molecular weight is 307 g/mol. The summed E-state index contributed by atoms with van der Waals surface area (Å²) in [6, 6.07) is 6.00. The van der Waals surface area contributed by atoms with Crippen LogP contribution in [0.15, 0.2) is 29.3 Å². The number of carbonyl (C=O) groups is 2. The van der Waals surface area contributed by atoms with Gasteiger partial charge in [-0.2, -0.15) is 0 Å². The van der Waals surface area contributed by atoms with Crippen LogP contribution in [0.1, 0.15) is 5.56 Å². The zero-order valence-electron chi connectivity index (χ0n) is 11.7. The van der Waals surface area contributed by atoms with Crippen LogP contribution in [0.4, 0.5) is 9.18 Å². The summed E-state index contributed by atoms with van der Waals surface area (Å²) in [5, 5.41) is 11.0. The van der Waals surface area contributed by atoms with Crippen LogP contribution in [0.2, 0.25) is 0 Å². The molecular formula is C14H14FN3O4. The number of nitrogens with one attached hydrogen (secondary N) is 1. The van der Waals surface area contributed by atoms with Gasteiger partial charge >= 0.3 is 6.09 Å². The fourth-order valence-corrected chi connectivity index (χ4v) is 2.90. The van der Waals surface area contributed by atoms with E-state index < -0.39 is 23.4 Å². The standard InChI is InChI=1S/C14H14FN3O4/c1-18-11(19)9-6-22-7-14(9,17-12(18)16-13(20)21)8-4-2-3-5-10(8)15/h2-5,9H,6-7H2,1H3,(H,16,17)(H,20,21)/t9-,14-/m0/s1. The molecule has 0 radical (unpaired) electrons. The third-order valence-electron chi connectivity index (χ3n) is 3.99. The minimum Gasteiger partial charge on any atom is -0.465 e. The van der Waals surface area contributed by atoms with Gasteiger partial charge in [0.2, 0.25) is 11.9 Å². The molecule has 2 N–H and O–H groups in total. The van der Waals surface area contributed by atoms with Gasteiger partial charge in [0, 0.05) is 12.6 Å². The van der Waals surface area contributed by atoms with Crippen LogP contribution in [0.25, 0.3) is 0 Å². The molecule has 0 aliphatic carbocycles. The Kier molecular flexibility index (Phi) is 3.32. The van der Waals surface area contributed by atoms with Crippen molar-refractivity contribution in [3.8, 4) is 0 Å². The lowest BCUT2D eigenvalue weighted by molar-refractivity contribution is -0.133. The summed E-state index contributed by atoms with van der Waals surface area (Å²) in [5.74, 6) is -1.69. The van der Waals surface area contributed by atoms with Crippen molar-refractivity contribution in [1.29, 1.82) is 0 Å². The van der Waals surface area contributed by atoms with Crippen molar-refractivity contribution >= 4 is 18.0 Å². The highest BCUT2D eigenvalue weighted by Gasteiger charge is 2.55. The third-order valence-corrected chi connectivity index (χ3v) is 3.99. The number of hydrogen-bond acceptors (Lipinski definition) is 4. The first-order valence-corrected chi connectivity index (χ1v) is 6.66. The van der Waals surface area contributed by atoms with Gasteiger partial charge in [-0.1, -0.05) is 18.2 Å². The number of benzene rings is 1. The summed E-state index contributed by atoms with van der Waals surface area (Å²) in [4.78, 5) is 28.8. The number of hydrogen-bond donors (Lipinski definition) is 2. The number of aliphatic imine (C=N–C) groups is 1. The number of fused-ring (bicyclic) bond motifs is 1. The van der Waals surface area contributed by atoms with Gasteiger partial charge in [-0.05, 0) is 6.07 Å². The van der Waals surface area contributed by atoms with Crippen molar-refractivity contribution in [2.75, 3.05) is 20.3 Å². The zero-order chi connectivity index (χ0) is 15.9. The van der Waals surface area contributed by atoms with E-state index in [9.17, 15) is 14.0 Å². The number of amides is 2. The number of carbonyl (C=O) groups excluding carboxylic acids is 1. The monoisotopic (exact) mass is 307 g/mol. The maximum atomic E-state index is 14.2. The first-order chi connectivity index (χ1) is 10.5. The topological polar surface area (TPSA) is 91.2 Å². The molecule has 2 heterocycles. The number of nitrogens with zero attached hydrogens (tertiary/aromatic N) is 2. The number of rotatable bonds is 1. The number of ether oxygens (including phenoxy) is 1. The van der Waals surface area contributed by atoms with E-state index in [4.69, 9.17) is 9.84 Å². The second-order valence-corrected chi connectivity index (χ2v) is 5.23. The molecule has 2 aliphatic heterocycles. The molecular weight excluding hydrogens is 293 g/mol. The van der Waals surface area contributed by atoms with Gasteiger partial charge in [-0.25, -0.2) is 14.2 Å². The summed E-state index contributed by atoms with van der Waals surface area (Å²) in [5.41, 5.74) is -1.02. The van der Waals surface area contributed by atoms with Crippen molar-refractivity contribution in [2.45, 2.75) is 5.54 Å². The first kappa shape index (κ1) is 14.5. The fraction of sp³-hybridized carbons (Fsp3) is 0.357. The molecule has 116 valence electrons. The summed E-state index contributed by atoms with van der Waals surface area (Å²) in [6.07, 6.45) is -1.35. The molecule has 2 aliphatic rings. The number of guanidine groups is 1. The van der Waals surface area contributed by atoms with E-state index in [0.717, 1.165) is 4.90 Å². The summed E-state index contributed by atoms with van der Waals surface area (Å²) in [6.45, 7) is 0.129. The molecule has 1 aromatic rings. The van der Waals surface area contributed by atoms with Crippen molar-refractivity contribution in [3.63, 3.8) is 0 Å². The Morgan fingerprint density at radius 1 is 1.55 bits per heavy atom. The van der Waals surface area contributed by atoms with Gasteiger partial charge in [0.25, 0.3) is 0 Å². The molecule has 0 unspecified atom stereocenters. The average Bonchev–Trinajstić information content (AvgIpc) is 2.89. The molecule has 0 aromatic heterocycles. The highest BCUT2D eigenvalue weighted by atomic mass is 19.1. The maximum Gasteiger partial charge on any atom is 0.411 e. The van der Waals surface area contributed by atoms with Crippen molar-refractivity contribution in [2.24, 2.45) is 10.9 Å². The Balaban J connectivity index is 2.17. The lowest BCUT2D eigenvalue weighted by atomic mass is 9.79. The Labute approximate surface area is 125 Å². The molecule has 0 saturated carbocycles. The lowest BCUT2D eigenvalue weighted by Crippen LogP contribution is -2.56. The van der Waals surface area contributed by atoms with E-state index in [0.29, 0.717) is 0 Å². The molecule has 1 aromatic carbocycles. The first-order valence-electron chi connectivity index (χ1n) is 6.66. The molecule has 0 spiro atoms. The van der Waals surface area contributed by atoms with Crippen molar-refractivity contribution in [1.82, 2.24) is 10.2 Å². The molecule has 3 rings (SSSR count). The number of carboxylic acid groups (broad SMARTS) is 1. The van der Waals surface area contributed by atoms with Gasteiger partial charge in [0.1, 0.15) is 11.4 Å². The molecule has 8 heteroatoms. The van der Waals surface area contributed by atoms with E-state index in [1.54, 1.807) is 6.07 Å². The van der Waals surface area contributed by atoms with Gasteiger partial charge in [-0.15, -0.1) is 0 Å². The van der Waals surface area contributed by atoms with Crippen LogP contribution in [0, 0.1) is 11.7 Å². The van der Waals surface area contributed by atoms with Crippen LogP contribution < -0.4 is 5.32 Å². The zero-order valence-corrected chi connectivity index (χ0v) is 11.7. The SMILES string of the molecule is CN1C(=O)[C@@H]2COC[C@@]2(c2ccccc2F)N=C1NC(=O)O. The molecule has 7 nitrogen and oxygen atoms in total. The Morgan fingerprint density at radius 3 is 2.95 bits per heavy atom. The summed E-state index contributed by atoms with van der Waals surface area (Å²) < 4.78 is 19.6. The Morgan fingerprint density at radius 2 is 2.27 bits per heavy atom. The highest BCUT2D eigenvalue weighted by molar-refractivity contribution is 6.05. The largest absolute Gasteiger partial charge is 0.465 e. The number of halogens is 1. The Hall–Kier alpha value is -2.48. The third kappa shape index (κ3) is 2.03. The van der Waals surface area contributed by atoms with Gasteiger partial charge in [0.15, 0.2) is 0 Å². The van der Waals surface area contributed by atoms with Crippen LogP contribution in [-0.2, 0) is 15.1 Å². The molecule has 2 atom stereocenters. The van der Waals surface area contributed by atoms with E-state index in [1.807, 2.05) is 0 Å². The smallest absolute Gasteiger partial charge is 0.411 e. The van der Waals surface area contributed by atoms with Crippen LogP contribution in [0.3, 0.4) is 0 Å². The van der Waals surface area contributed by atoms with Crippen LogP contribution in [-0.4, -0.2) is 48.2 Å². The maximum absolute atomic E-state index is 14.2. The van der Waals surface area contributed by atoms with Gasteiger partial charge in [-0.3, -0.25) is 15.0 Å². The quantitative estimate of drug-likeness (QED) is 0.801. The molecule has 22 heavy (non-hydrogen) atoms. The van der Waals surface area contributed by atoms with Crippen LogP contribution in [0.5, 0.6) is 0 Å². The predicted molar refractivity (Wildman–Crippen MR) is 73.8 cm³/mol. The van der Waals surface area contributed by atoms with Crippen molar-refractivity contribution in [3.05, 3.63) is 35.6 Å². The second kappa shape index (κ2) is 5.06. The van der Waals surface area contributed by atoms with Gasteiger partial charge in [0.05, 0.1) is 19.1 Å². The second-order valence-electron chi connectivity index (χ2n) is 5.23.